The van der Waals surface area contributed by atoms with Gasteiger partial charge in [0.1, 0.15) is 0 Å². The number of Topliss-reactive ketones (excluding diaryl/α,β-unsaturated/α-hetero) is 1. The van der Waals surface area contributed by atoms with E-state index >= 15 is 0 Å². The predicted octanol–water partition coefficient (Wildman–Crippen LogP) is 0.571. The Morgan fingerprint density at radius 3 is 2.93 bits per heavy atom. The molecule has 1 aromatic heterocycles. The molecule has 1 rings (SSSR count). The summed E-state index contributed by atoms with van der Waals surface area (Å²) in [4.78, 5) is 19.5. The molecule has 15 heavy (non-hydrogen) atoms. The van der Waals surface area contributed by atoms with Crippen LogP contribution in [0.15, 0.2) is 25.0 Å². The molecule has 0 saturated heterocycles. The van der Waals surface area contributed by atoms with Crippen LogP contribution >= 0.6 is 0 Å². The van der Waals surface area contributed by atoms with E-state index in [2.05, 4.69) is 16.5 Å². The van der Waals surface area contributed by atoms with Crippen LogP contribution in [0.3, 0.4) is 0 Å². The first kappa shape index (κ1) is 11.3. The molecule has 2 N–H and O–H groups in total. The molecule has 0 bridgehead atoms. The van der Waals surface area contributed by atoms with E-state index in [0.29, 0.717) is 6.42 Å². The summed E-state index contributed by atoms with van der Waals surface area (Å²) in [7, 11) is 1.43. The summed E-state index contributed by atoms with van der Waals surface area (Å²) in [5.41, 5.74) is 5.80. The van der Waals surface area contributed by atoms with E-state index in [1.54, 1.807) is 6.08 Å². The number of nitrogens with zero attached hydrogens (tertiary/aromatic N) is 2. The summed E-state index contributed by atoms with van der Waals surface area (Å²) < 4.78 is 4.92. The van der Waals surface area contributed by atoms with Gasteiger partial charge in [0.2, 0.25) is 11.7 Å². The van der Waals surface area contributed by atoms with Crippen LogP contribution in [0.2, 0.25) is 0 Å². The highest BCUT2D eigenvalue weighted by atomic mass is 16.5. The number of carbonyl (C=O) groups excluding carboxylic acids is 1. The number of ketones is 1. The Hall–Kier alpha value is -1.75. The van der Waals surface area contributed by atoms with Gasteiger partial charge in [-0.25, -0.2) is 9.97 Å². The summed E-state index contributed by atoms with van der Waals surface area (Å²) in [6.07, 6.45) is 4.87. The highest BCUT2D eigenvalue weighted by molar-refractivity contribution is 6.00. The fourth-order valence-corrected chi connectivity index (χ4v) is 1.11. The van der Waals surface area contributed by atoms with E-state index in [-0.39, 0.29) is 17.4 Å². The maximum atomic E-state index is 11.8. The van der Waals surface area contributed by atoms with Crippen molar-refractivity contribution in [3.8, 4) is 5.88 Å². The summed E-state index contributed by atoms with van der Waals surface area (Å²) in [5.74, 6) is -0.0955. The molecule has 0 amide bonds. The highest BCUT2D eigenvalue weighted by Crippen LogP contribution is 2.13. The van der Waals surface area contributed by atoms with Crippen molar-refractivity contribution in [1.29, 1.82) is 0 Å². The van der Waals surface area contributed by atoms with Crippen LogP contribution in [-0.4, -0.2) is 28.9 Å². The van der Waals surface area contributed by atoms with Crippen molar-refractivity contribution in [3.05, 3.63) is 30.7 Å². The second-order valence-electron chi connectivity index (χ2n) is 2.91. The molecule has 0 aliphatic carbocycles. The Bertz CT molecular complexity index is 365. The van der Waals surface area contributed by atoms with Crippen LogP contribution in [0.1, 0.15) is 16.9 Å². The predicted molar refractivity (Wildman–Crippen MR) is 55.7 cm³/mol. The van der Waals surface area contributed by atoms with E-state index in [1.807, 2.05) is 0 Å². The number of rotatable bonds is 5. The van der Waals surface area contributed by atoms with Crippen LogP contribution in [0.25, 0.3) is 0 Å². The SMILES string of the molecule is C=CCC(N)C(=O)c1nccnc1OC. The highest BCUT2D eigenvalue weighted by Gasteiger charge is 2.20. The minimum absolute atomic E-state index is 0.161. The Morgan fingerprint density at radius 2 is 2.33 bits per heavy atom. The normalized spacial score (nSPS) is 11.9. The minimum atomic E-state index is -0.645. The third-order valence-corrected chi connectivity index (χ3v) is 1.85. The number of hydrogen-bond acceptors (Lipinski definition) is 5. The zero-order valence-electron chi connectivity index (χ0n) is 8.51. The Kier molecular flexibility index (Phi) is 3.93. The first-order chi connectivity index (χ1) is 7.20. The molecule has 5 nitrogen and oxygen atoms in total. The van der Waals surface area contributed by atoms with Gasteiger partial charge in [-0.1, -0.05) is 6.08 Å². The van der Waals surface area contributed by atoms with E-state index in [9.17, 15) is 4.79 Å². The fraction of sp³-hybridized carbons (Fsp3) is 0.300. The molecule has 0 aliphatic rings. The Morgan fingerprint density at radius 1 is 1.67 bits per heavy atom. The van der Waals surface area contributed by atoms with Gasteiger partial charge in [-0.2, -0.15) is 0 Å². The lowest BCUT2D eigenvalue weighted by molar-refractivity contribution is 0.0953. The lowest BCUT2D eigenvalue weighted by Gasteiger charge is -2.09. The first-order valence-corrected chi connectivity index (χ1v) is 4.46. The molecule has 1 unspecified atom stereocenters. The molecule has 5 heteroatoms. The smallest absolute Gasteiger partial charge is 0.243 e. The maximum absolute atomic E-state index is 11.8. The maximum Gasteiger partial charge on any atom is 0.243 e. The summed E-state index contributed by atoms with van der Waals surface area (Å²) in [6, 6.07) is -0.645. The van der Waals surface area contributed by atoms with Crippen molar-refractivity contribution >= 4 is 5.78 Å². The standard InChI is InChI=1S/C10H13N3O2/c1-3-4-7(11)9(14)8-10(15-2)13-6-5-12-8/h3,5-7H,1,4,11H2,2H3. The molecule has 1 aromatic rings. The number of carbonyl (C=O) groups is 1. The molecular formula is C10H13N3O2. The Labute approximate surface area is 88.0 Å². The molecule has 0 spiro atoms. The average molecular weight is 207 g/mol. The van der Waals surface area contributed by atoms with Gasteiger partial charge in [0, 0.05) is 12.4 Å². The topological polar surface area (TPSA) is 78.1 Å². The van der Waals surface area contributed by atoms with Crippen molar-refractivity contribution in [2.24, 2.45) is 5.73 Å². The third-order valence-electron chi connectivity index (χ3n) is 1.85. The van der Waals surface area contributed by atoms with Crippen molar-refractivity contribution in [2.45, 2.75) is 12.5 Å². The monoisotopic (exact) mass is 207 g/mol. The number of methoxy groups -OCH3 is 1. The van der Waals surface area contributed by atoms with Crippen molar-refractivity contribution in [3.63, 3.8) is 0 Å². The van der Waals surface area contributed by atoms with Gasteiger partial charge in [0.15, 0.2) is 5.69 Å². The number of ether oxygens (including phenoxy) is 1. The molecule has 0 radical (unpaired) electrons. The van der Waals surface area contributed by atoms with Gasteiger partial charge in [0.25, 0.3) is 0 Å². The molecular weight excluding hydrogens is 194 g/mol. The fourth-order valence-electron chi connectivity index (χ4n) is 1.11. The summed E-state index contributed by atoms with van der Waals surface area (Å²) in [5, 5.41) is 0. The average Bonchev–Trinajstić information content (AvgIpc) is 2.28. The lowest BCUT2D eigenvalue weighted by Crippen LogP contribution is -2.30. The zero-order chi connectivity index (χ0) is 11.3. The van der Waals surface area contributed by atoms with Gasteiger partial charge >= 0.3 is 0 Å². The quantitative estimate of drug-likeness (QED) is 0.564. The van der Waals surface area contributed by atoms with Crippen LogP contribution in [0.5, 0.6) is 5.88 Å². The molecule has 1 atom stereocenters. The number of hydrogen-bond donors (Lipinski definition) is 1. The zero-order valence-corrected chi connectivity index (χ0v) is 8.51. The third kappa shape index (κ3) is 2.60. The van der Waals surface area contributed by atoms with Gasteiger partial charge < -0.3 is 10.5 Å². The Balaban J connectivity index is 2.94. The van der Waals surface area contributed by atoms with Gasteiger partial charge in [-0.3, -0.25) is 4.79 Å². The van der Waals surface area contributed by atoms with Crippen LogP contribution in [0.4, 0.5) is 0 Å². The molecule has 1 heterocycles. The van der Waals surface area contributed by atoms with Gasteiger partial charge in [-0.15, -0.1) is 6.58 Å². The summed E-state index contributed by atoms with van der Waals surface area (Å²) in [6.45, 7) is 3.52. The van der Waals surface area contributed by atoms with E-state index < -0.39 is 6.04 Å². The van der Waals surface area contributed by atoms with Crippen LogP contribution in [0, 0.1) is 0 Å². The van der Waals surface area contributed by atoms with E-state index in [1.165, 1.54) is 19.5 Å². The number of nitrogens with two attached hydrogens (primary N) is 1. The van der Waals surface area contributed by atoms with Crippen molar-refractivity contribution in [2.75, 3.05) is 7.11 Å². The van der Waals surface area contributed by atoms with E-state index in [0.717, 1.165) is 0 Å². The van der Waals surface area contributed by atoms with Gasteiger partial charge in [-0.05, 0) is 6.42 Å². The first-order valence-electron chi connectivity index (χ1n) is 4.46. The largest absolute Gasteiger partial charge is 0.479 e. The molecule has 0 aliphatic heterocycles. The minimum Gasteiger partial charge on any atom is -0.479 e. The molecule has 80 valence electrons. The van der Waals surface area contributed by atoms with Gasteiger partial charge in [0.05, 0.1) is 13.2 Å². The second-order valence-corrected chi connectivity index (χ2v) is 2.91. The molecule has 0 aromatic carbocycles. The number of aromatic nitrogens is 2. The van der Waals surface area contributed by atoms with E-state index in [4.69, 9.17) is 10.5 Å². The molecule has 0 saturated carbocycles. The van der Waals surface area contributed by atoms with Crippen molar-refractivity contribution < 1.29 is 9.53 Å². The van der Waals surface area contributed by atoms with Crippen molar-refractivity contribution in [1.82, 2.24) is 9.97 Å². The van der Waals surface area contributed by atoms with Crippen LogP contribution in [-0.2, 0) is 0 Å². The van der Waals surface area contributed by atoms with Crippen LogP contribution < -0.4 is 10.5 Å². The summed E-state index contributed by atoms with van der Waals surface area (Å²) >= 11 is 0. The molecule has 0 fully saturated rings. The lowest BCUT2D eigenvalue weighted by atomic mass is 10.1. The second kappa shape index (κ2) is 5.21.